The maximum Gasteiger partial charge on any atom is 0.407 e. The summed E-state index contributed by atoms with van der Waals surface area (Å²) < 4.78 is 10.2. The predicted octanol–water partition coefficient (Wildman–Crippen LogP) is 1.57. The Morgan fingerprint density at radius 3 is 2.48 bits per heavy atom. The van der Waals surface area contributed by atoms with Gasteiger partial charge >= 0.3 is 6.09 Å². The molecular weight excluding hydrogens is 326 g/mol. The number of primary amides is 1. The summed E-state index contributed by atoms with van der Waals surface area (Å²) in [5.41, 5.74) is 6.51. The molecule has 3 amide bonds. The SMILES string of the molecule is COc1ccc(C)cc1NC(=O)[C@H](CC(N)=O)NC(=O)OCC(C)C. The van der Waals surface area contributed by atoms with Gasteiger partial charge in [0.05, 0.1) is 25.8 Å². The molecule has 0 fully saturated rings. The van der Waals surface area contributed by atoms with E-state index in [2.05, 4.69) is 10.6 Å². The van der Waals surface area contributed by atoms with E-state index in [1.165, 1.54) is 7.11 Å². The number of hydrogen-bond donors (Lipinski definition) is 3. The molecule has 4 N–H and O–H groups in total. The van der Waals surface area contributed by atoms with Crippen LogP contribution in [0.5, 0.6) is 5.75 Å². The van der Waals surface area contributed by atoms with Gasteiger partial charge in [-0.15, -0.1) is 0 Å². The molecule has 1 aromatic rings. The van der Waals surface area contributed by atoms with Gasteiger partial charge in [0, 0.05) is 0 Å². The fourth-order valence-corrected chi connectivity index (χ4v) is 1.98. The molecule has 25 heavy (non-hydrogen) atoms. The lowest BCUT2D eigenvalue weighted by atomic mass is 10.1. The highest BCUT2D eigenvalue weighted by Gasteiger charge is 2.24. The van der Waals surface area contributed by atoms with Crippen LogP contribution >= 0.6 is 0 Å². The van der Waals surface area contributed by atoms with Gasteiger partial charge in [0.25, 0.3) is 0 Å². The molecule has 0 saturated heterocycles. The maximum atomic E-state index is 12.5. The lowest BCUT2D eigenvalue weighted by Gasteiger charge is -2.18. The van der Waals surface area contributed by atoms with Crippen LogP contribution in [-0.2, 0) is 14.3 Å². The number of benzene rings is 1. The summed E-state index contributed by atoms with van der Waals surface area (Å²) >= 11 is 0. The lowest BCUT2D eigenvalue weighted by Crippen LogP contribution is -2.46. The largest absolute Gasteiger partial charge is 0.495 e. The molecule has 1 rings (SSSR count). The van der Waals surface area contributed by atoms with Crippen LogP contribution in [0.15, 0.2) is 18.2 Å². The van der Waals surface area contributed by atoms with Gasteiger partial charge in [-0.2, -0.15) is 0 Å². The fraction of sp³-hybridized carbons (Fsp3) is 0.471. The number of nitrogens with one attached hydrogen (secondary N) is 2. The van der Waals surface area contributed by atoms with E-state index in [4.69, 9.17) is 15.2 Å². The molecule has 0 aliphatic rings. The molecule has 0 radical (unpaired) electrons. The number of rotatable bonds is 8. The monoisotopic (exact) mass is 351 g/mol. The first-order chi connectivity index (χ1) is 11.7. The highest BCUT2D eigenvalue weighted by molar-refractivity contribution is 6.00. The molecular formula is C17H25N3O5. The number of methoxy groups -OCH3 is 1. The zero-order chi connectivity index (χ0) is 19.0. The fourth-order valence-electron chi connectivity index (χ4n) is 1.98. The normalized spacial score (nSPS) is 11.6. The van der Waals surface area contributed by atoms with Gasteiger partial charge in [-0.05, 0) is 30.5 Å². The third kappa shape index (κ3) is 7.11. The van der Waals surface area contributed by atoms with Gasteiger partial charge in [0.2, 0.25) is 11.8 Å². The number of ether oxygens (including phenoxy) is 2. The Kier molecular flexibility index (Phi) is 7.71. The molecule has 0 unspecified atom stereocenters. The first-order valence-electron chi connectivity index (χ1n) is 7.90. The standard InChI is InChI=1S/C17H25N3O5/c1-10(2)9-25-17(23)20-13(8-15(18)21)16(22)19-12-7-11(3)5-6-14(12)24-4/h5-7,10,13H,8-9H2,1-4H3,(H2,18,21)(H,19,22)(H,20,23)/t13-/m0/s1. The van der Waals surface area contributed by atoms with Crippen molar-refractivity contribution in [2.75, 3.05) is 19.0 Å². The molecule has 8 nitrogen and oxygen atoms in total. The molecule has 8 heteroatoms. The topological polar surface area (TPSA) is 120 Å². The van der Waals surface area contributed by atoms with Crippen molar-refractivity contribution in [2.45, 2.75) is 33.2 Å². The van der Waals surface area contributed by atoms with Crippen molar-refractivity contribution in [3.05, 3.63) is 23.8 Å². The molecule has 0 saturated carbocycles. The zero-order valence-electron chi connectivity index (χ0n) is 14.9. The van der Waals surface area contributed by atoms with Crippen molar-refractivity contribution in [1.29, 1.82) is 0 Å². The highest BCUT2D eigenvalue weighted by atomic mass is 16.5. The van der Waals surface area contributed by atoms with E-state index in [9.17, 15) is 14.4 Å². The van der Waals surface area contributed by atoms with Gasteiger partial charge in [-0.25, -0.2) is 4.79 Å². The van der Waals surface area contributed by atoms with Crippen molar-refractivity contribution in [3.63, 3.8) is 0 Å². The molecule has 1 atom stereocenters. The van der Waals surface area contributed by atoms with E-state index in [-0.39, 0.29) is 18.9 Å². The second-order valence-corrected chi connectivity index (χ2v) is 6.05. The number of aryl methyl sites for hydroxylation is 1. The van der Waals surface area contributed by atoms with E-state index < -0.39 is 23.9 Å². The third-order valence-corrected chi connectivity index (χ3v) is 3.17. The molecule has 138 valence electrons. The maximum absolute atomic E-state index is 12.5. The van der Waals surface area contributed by atoms with Crippen molar-refractivity contribution < 1.29 is 23.9 Å². The molecule has 1 aromatic carbocycles. The van der Waals surface area contributed by atoms with Crippen molar-refractivity contribution in [3.8, 4) is 5.75 Å². The van der Waals surface area contributed by atoms with Crippen LogP contribution in [0.25, 0.3) is 0 Å². The second-order valence-electron chi connectivity index (χ2n) is 6.05. The average molecular weight is 351 g/mol. The predicted molar refractivity (Wildman–Crippen MR) is 93.3 cm³/mol. The van der Waals surface area contributed by atoms with Crippen molar-refractivity contribution >= 4 is 23.6 Å². The first kappa shape index (κ1) is 20.3. The van der Waals surface area contributed by atoms with E-state index in [1.807, 2.05) is 26.8 Å². The lowest BCUT2D eigenvalue weighted by molar-refractivity contribution is -0.123. The Labute approximate surface area is 147 Å². The number of anilines is 1. The Balaban J connectivity index is 2.84. The molecule has 0 heterocycles. The van der Waals surface area contributed by atoms with Crippen LogP contribution in [0.4, 0.5) is 10.5 Å². The zero-order valence-corrected chi connectivity index (χ0v) is 14.9. The van der Waals surface area contributed by atoms with Gasteiger partial charge < -0.3 is 25.8 Å². The molecule has 0 aromatic heterocycles. The molecule has 0 aliphatic heterocycles. The number of carbonyl (C=O) groups excluding carboxylic acids is 3. The van der Waals surface area contributed by atoms with Crippen molar-refractivity contribution in [1.82, 2.24) is 5.32 Å². The number of amides is 3. The van der Waals surface area contributed by atoms with Crippen molar-refractivity contribution in [2.24, 2.45) is 11.7 Å². The summed E-state index contributed by atoms with van der Waals surface area (Å²) in [5.74, 6) is -0.713. The minimum Gasteiger partial charge on any atom is -0.495 e. The second kappa shape index (κ2) is 9.51. The van der Waals surface area contributed by atoms with Crippen LogP contribution in [0.3, 0.4) is 0 Å². The quantitative estimate of drug-likeness (QED) is 0.656. The average Bonchev–Trinajstić information content (AvgIpc) is 2.52. The van der Waals surface area contributed by atoms with E-state index in [0.717, 1.165) is 5.56 Å². The Bertz CT molecular complexity index is 631. The Hall–Kier alpha value is -2.77. The number of nitrogens with two attached hydrogens (primary N) is 1. The number of alkyl carbamates (subject to hydrolysis) is 1. The number of hydrogen-bond acceptors (Lipinski definition) is 5. The summed E-state index contributed by atoms with van der Waals surface area (Å²) in [6, 6.07) is 4.10. The molecule has 0 aliphatic carbocycles. The van der Waals surface area contributed by atoms with Gasteiger partial charge in [0.15, 0.2) is 0 Å². The van der Waals surface area contributed by atoms with Crippen LogP contribution in [0.1, 0.15) is 25.8 Å². The van der Waals surface area contributed by atoms with Crippen LogP contribution in [-0.4, -0.2) is 37.7 Å². The van der Waals surface area contributed by atoms with E-state index in [1.54, 1.807) is 12.1 Å². The summed E-state index contributed by atoms with van der Waals surface area (Å²) in [6.45, 7) is 5.82. The smallest absolute Gasteiger partial charge is 0.407 e. The van der Waals surface area contributed by atoms with Gasteiger partial charge in [-0.3, -0.25) is 9.59 Å². The summed E-state index contributed by atoms with van der Waals surface area (Å²) in [5, 5.41) is 5.00. The third-order valence-electron chi connectivity index (χ3n) is 3.17. The summed E-state index contributed by atoms with van der Waals surface area (Å²) in [6.07, 6.45) is -1.14. The summed E-state index contributed by atoms with van der Waals surface area (Å²) in [7, 11) is 1.47. The minimum atomic E-state index is -1.15. The van der Waals surface area contributed by atoms with Gasteiger partial charge in [-0.1, -0.05) is 19.9 Å². The highest BCUT2D eigenvalue weighted by Crippen LogP contribution is 2.25. The van der Waals surface area contributed by atoms with E-state index in [0.29, 0.717) is 11.4 Å². The van der Waals surface area contributed by atoms with Crippen LogP contribution in [0, 0.1) is 12.8 Å². The first-order valence-corrected chi connectivity index (χ1v) is 7.90. The minimum absolute atomic E-state index is 0.144. The Morgan fingerprint density at radius 2 is 1.92 bits per heavy atom. The number of carbonyl (C=O) groups is 3. The molecule has 0 spiro atoms. The summed E-state index contributed by atoms with van der Waals surface area (Å²) in [4.78, 5) is 35.5. The van der Waals surface area contributed by atoms with Crippen LogP contribution < -0.4 is 21.1 Å². The molecule has 0 bridgehead atoms. The Morgan fingerprint density at radius 1 is 1.24 bits per heavy atom. The van der Waals surface area contributed by atoms with Crippen LogP contribution in [0.2, 0.25) is 0 Å². The van der Waals surface area contributed by atoms with Gasteiger partial charge in [0.1, 0.15) is 11.8 Å². The van der Waals surface area contributed by atoms with E-state index >= 15 is 0 Å².